The standard InChI is InChI=1S/C33H31F3N2O/c34-33(35,36)31-14-8-7-13-30(31)28-17-15-27(16-18-28)23-37-19-20-38(32(39)22-26-11-5-2-6-12-26)29(24-37)21-25-9-3-1-4-10-25/h1-18,29H,19-24H2. The number of halogens is 3. The normalized spacial score (nSPS) is 16.3. The molecule has 1 amide bonds. The number of hydrogen-bond donors (Lipinski definition) is 0. The van der Waals surface area contributed by atoms with Gasteiger partial charge in [0.15, 0.2) is 0 Å². The summed E-state index contributed by atoms with van der Waals surface area (Å²) in [5.41, 5.74) is 3.34. The second-order valence-electron chi connectivity index (χ2n) is 10.1. The van der Waals surface area contributed by atoms with E-state index in [0.29, 0.717) is 25.1 Å². The van der Waals surface area contributed by atoms with Crippen LogP contribution in [0.2, 0.25) is 0 Å². The maximum Gasteiger partial charge on any atom is 0.417 e. The van der Waals surface area contributed by atoms with E-state index in [4.69, 9.17) is 0 Å². The third-order valence-corrected chi connectivity index (χ3v) is 7.30. The van der Waals surface area contributed by atoms with Crippen molar-refractivity contribution < 1.29 is 18.0 Å². The number of piperazine rings is 1. The second-order valence-corrected chi connectivity index (χ2v) is 10.1. The van der Waals surface area contributed by atoms with E-state index in [-0.39, 0.29) is 17.5 Å². The van der Waals surface area contributed by atoms with Crippen LogP contribution in [0.15, 0.2) is 109 Å². The molecule has 3 nitrogen and oxygen atoms in total. The molecule has 4 aromatic carbocycles. The van der Waals surface area contributed by atoms with Crippen molar-refractivity contribution in [1.29, 1.82) is 0 Å². The van der Waals surface area contributed by atoms with Crippen LogP contribution in [-0.4, -0.2) is 41.4 Å². The fraction of sp³-hybridized carbons (Fsp3) is 0.242. The van der Waals surface area contributed by atoms with Crippen LogP contribution >= 0.6 is 0 Å². The number of benzene rings is 4. The lowest BCUT2D eigenvalue weighted by Gasteiger charge is -2.42. The van der Waals surface area contributed by atoms with Gasteiger partial charge in [0.25, 0.3) is 0 Å². The Hall–Kier alpha value is -3.90. The number of rotatable bonds is 7. The highest BCUT2D eigenvalue weighted by Gasteiger charge is 2.33. The summed E-state index contributed by atoms with van der Waals surface area (Å²) in [4.78, 5) is 17.7. The van der Waals surface area contributed by atoms with E-state index < -0.39 is 11.7 Å². The molecule has 200 valence electrons. The summed E-state index contributed by atoms with van der Waals surface area (Å²) >= 11 is 0. The summed E-state index contributed by atoms with van der Waals surface area (Å²) in [6.45, 7) is 2.78. The Labute approximate surface area is 227 Å². The molecular weight excluding hydrogens is 497 g/mol. The number of amides is 1. The van der Waals surface area contributed by atoms with Crippen LogP contribution < -0.4 is 0 Å². The van der Waals surface area contributed by atoms with Gasteiger partial charge in [-0.1, -0.05) is 103 Å². The molecular formula is C33H31F3N2O. The SMILES string of the molecule is O=C(Cc1ccccc1)N1CCN(Cc2ccc(-c3ccccc3C(F)(F)F)cc2)CC1Cc1ccccc1. The maximum absolute atomic E-state index is 13.5. The average molecular weight is 529 g/mol. The predicted octanol–water partition coefficient (Wildman–Crippen LogP) is 6.87. The molecule has 4 aromatic rings. The Morgan fingerprint density at radius 2 is 1.33 bits per heavy atom. The molecule has 0 spiro atoms. The topological polar surface area (TPSA) is 23.6 Å². The van der Waals surface area contributed by atoms with Crippen molar-refractivity contribution in [2.24, 2.45) is 0 Å². The zero-order valence-corrected chi connectivity index (χ0v) is 21.6. The van der Waals surface area contributed by atoms with E-state index in [9.17, 15) is 18.0 Å². The fourth-order valence-corrected chi connectivity index (χ4v) is 5.35. The van der Waals surface area contributed by atoms with Gasteiger partial charge < -0.3 is 4.90 Å². The molecule has 0 N–H and O–H groups in total. The van der Waals surface area contributed by atoms with Crippen LogP contribution in [0, 0.1) is 0 Å². The molecule has 5 rings (SSSR count). The molecule has 0 aliphatic carbocycles. The van der Waals surface area contributed by atoms with Gasteiger partial charge in [-0.3, -0.25) is 9.69 Å². The van der Waals surface area contributed by atoms with Crippen LogP contribution in [-0.2, 0) is 30.4 Å². The summed E-state index contributed by atoms with van der Waals surface area (Å²) in [7, 11) is 0. The highest BCUT2D eigenvalue weighted by molar-refractivity contribution is 5.79. The first kappa shape index (κ1) is 26.7. The van der Waals surface area contributed by atoms with E-state index in [1.165, 1.54) is 17.7 Å². The summed E-state index contributed by atoms with van der Waals surface area (Å²) in [6, 6.07) is 33.1. The Morgan fingerprint density at radius 3 is 2.00 bits per heavy atom. The minimum absolute atomic E-state index is 0.0373. The highest BCUT2D eigenvalue weighted by Crippen LogP contribution is 2.37. The summed E-state index contributed by atoms with van der Waals surface area (Å²) in [5, 5.41) is 0. The van der Waals surface area contributed by atoms with Crippen LogP contribution in [0.5, 0.6) is 0 Å². The first-order valence-corrected chi connectivity index (χ1v) is 13.2. The molecule has 1 aliphatic rings. The minimum atomic E-state index is -4.40. The van der Waals surface area contributed by atoms with E-state index in [2.05, 4.69) is 17.0 Å². The van der Waals surface area contributed by atoms with Gasteiger partial charge in [0, 0.05) is 32.2 Å². The lowest BCUT2D eigenvalue weighted by atomic mass is 9.98. The molecule has 0 bridgehead atoms. The van der Waals surface area contributed by atoms with E-state index in [0.717, 1.165) is 36.7 Å². The Kier molecular flexibility index (Phi) is 8.13. The van der Waals surface area contributed by atoms with Gasteiger partial charge in [0.05, 0.1) is 12.0 Å². The number of alkyl halides is 3. The molecule has 1 aliphatic heterocycles. The van der Waals surface area contributed by atoms with Crippen molar-refractivity contribution in [2.75, 3.05) is 19.6 Å². The number of hydrogen-bond acceptors (Lipinski definition) is 2. The smallest absolute Gasteiger partial charge is 0.337 e. The lowest BCUT2D eigenvalue weighted by molar-refractivity contribution is -0.137. The van der Waals surface area contributed by atoms with Gasteiger partial charge in [-0.15, -0.1) is 0 Å². The molecule has 1 fully saturated rings. The molecule has 6 heteroatoms. The van der Waals surface area contributed by atoms with Gasteiger partial charge >= 0.3 is 6.18 Å². The fourth-order valence-electron chi connectivity index (χ4n) is 5.35. The molecule has 39 heavy (non-hydrogen) atoms. The Balaban J connectivity index is 1.29. The number of carbonyl (C=O) groups is 1. The third kappa shape index (κ3) is 6.76. The molecule has 1 heterocycles. The lowest BCUT2D eigenvalue weighted by Crippen LogP contribution is -2.56. The molecule has 1 atom stereocenters. The van der Waals surface area contributed by atoms with E-state index in [1.807, 2.05) is 65.6 Å². The largest absolute Gasteiger partial charge is 0.417 e. The minimum Gasteiger partial charge on any atom is -0.337 e. The summed E-state index contributed by atoms with van der Waals surface area (Å²) in [6.07, 6.45) is -3.25. The number of nitrogens with zero attached hydrogens (tertiary/aromatic N) is 2. The number of carbonyl (C=O) groups excluding carboxylic acids is 1. The molecule has 0 saturated carbocycles. The van der Waals surface area contributed by atoms with Crippen LogP contribution in [0.1, 0.15) is 22.3 Å². The summed E-state index contributed by atoms with van der Waals surface area (Å²) < 4.78 is 40.5. The first-order valence-electron chi connectivity index (χ1n) is 13.2. The average Bonchev–Trinajstić information content (AvgIpc) is 2.94. The zero-order chi connectivity index (χ0) is 27.2. The predicted molar refractivity (Wildman–Crippen MR) is 148 cm³/mol. The molecule has 0 aromatic heterocycles. The Morgan fingerprint density at radius 1 is 0.718 bits per heavy atom. The van der Waals surface area contributed by atoms with Crippen molar-refractivity contribution in [3.63, 3.8) is 0 Å². The van der Waals surface area contributed by atoms with Gasteiger partial charge in [-0.05, 0) is 40.3 Å². The summed E-state index contributed by atoms with van der Waals surface area (Å²) in [5.74, 6) is 0.134. The first-order chi connectivity index (χ1) is 18.9. The third-order valence-electron chi connectivity index (χ3n) is 7.30. The zero-order valence-electron chi connectivity index (χ0n) is 21.6. The van der Waals surface area contributed by atoms with Crippen molar-refractivity contribution in [3.8, 4) is 11.1 Å². The highest BCUT2D eigenvalue weighted by atomic mass is 19.4. The van der Waals surface area contributed by atoms with Crippen molar-refractivity contribution >= 4 is 5.91 Å². The van der Waals surface area contributed by atoms with Crippen molar-refractivity contribution in [1.82, 2.24) is 9.80 Å². The van der Waals surface area contributed by atoms with Gasteiger partial charge in [-0.2, -0.15) is 13.2 Å². The van der Waals surface area contributed by atoms with Gasteiger partial charge in [0.1, 0.15) is 0 Å². The molecule has 1 saturated heterocycles. The van der Waals surface area contributed by atoms with Crippen LogP contribution in [0.25, 0.3) is 11.1 Å². The van der Waals surface area contributed by atoms with Gasteiger partial charge in [0.2, 0.25) is 5.91 Å². The molecule has 0 radical (unpaired) electrons. The van der Waals surface area contributed by atoms with Gasteiger partial charge in [-0.25, -0.2) is 0 Å². The maximum atomic E-state index is 13.5. The van der Waals surface area contributed by atoms with Crippen molar-refractivity contribution in [3.05, 3.63) is 131 Å². The monoisotopic (exact) mass is 528 g/mol. The van der Waals surface area contributed by atoms with Crippen molar-refractivity contribution in [2.45, 2.75) is 31.6 Å². The second kappa shape index (κ2) is 11.9. The van der Waals surface area contributed by atoms with E-state index in [1.54, 1.807) is 18.2 Å². The quantitative estimate of drug-likeness (QED) is 0.261. The van der Waals surface area contributed by atoms with Crippen LogP contribution in [0.4, 0.5) is 13.2 Å². The Bertz CT molecular complexity index is 1370. The molecule has 1 unspecified atom stereocenters. The van der Waals surface area contributed by atoms with E-state index >= 15 is 0 Å². The van der Waals surface area contributed by atoms with Crippen LogP contribution in [0.3, 0.4) is 0 Å².